The van der Waals surface area contributed by atoms with Gasteiger partial charge in [0.2, 0.25) is 5.91 Å². The zero-order valence-corrected chi connectivity index (χ0v) is 15.3. The van der Waals surface area contributed by atoms with Crippen molar-refractivity contribution < 1.29 is 19.1 Å². The SMILES string of the molecule is COc1ccc(C2(C)NC(=O)N(CC(=O)N3CCNCC3)C2=O)cc1C. The number of urea groups is 1. The van der Waals surface area contributed by atoms with E-state index in [1.165, 1.54) is 0 Å². The van der Waals surface area contributed by atoms with E-state index in [1.807, 2.05) is 13.0 Å². The minimum Gasteiger partial charge on any atom is -0.496 e. The fraction of sp³-hybridized carbons (Fsp3) is 0.500. The lowest BCUT2D eigenvalue weighted by atomic mass is 9.90. The number of methoxy groups -OCH3 is 1. The third-order valence-electron chi connectivity index (χ3n) is 5.01. The Bertz CT molecular complexity index is 745. The third-order valence-corrected chi connectivity index (χ3v) is 5.01. The molecule has 2 fully saturated rings. The van der Waals surface area contributed by atoms with Crippen molar-refractivity contribution in [3.63, 3.8) is 0 Å². The van der Waals surface area contributed by atoms with Crippen molar-refractivity contribution in [2.75, 3.05) is 39.8 Å². The summed E-state index contributed by atoms with van der Waals surface area (Å²) in [7, 11) is 1.58. The standard InChI is InChI=1S/C18H24N4O4/c1-12-10-13(4-5-14(12)26-3)18(2)16(24)22(17(25)20-18)11-15(23)21-8-6-19-7-9-21/h4-5,10,19H,6-9,11H2,1-3H3,(H,20,25). The summed E-state index contributed by atoms with van der Waals surface area (Å²) in [4.78, 5) is 40.4. The van der Waals surface area contributed by atoms with Crippen molar-refractivity contribution in [2.45, 2.75) is 19.4 Å². The molecular weight excluding hydrogens is 336 g/mol. The first kappa shape index (κ1) is 18.2. The first-order valence-electron chi connectivity index (χ1n) is 8.64. The predicted octanol–water partition coefficient (Wildman–Crippen LogP) is 0.202. The van der Waals surface area contributed by atoms with Crippen LogP contribution in [-0.2, 0) is 15.1 Å². The van der Waals surface area contributed by atoms with Crippen LogP contribution in [0.3, 0.4) is 0 Å². The smallest absolute Gasteiger partial charge is 0.325 e. The normalized spacial score (nSPS) is 23.2. The Labute approximate surface area is 152 Å². The van der Waals surface area contributed by atoms with Gasteiger partial charge >= 0.3 is 6.03 Å². The number of hydrogen-bond donors (Lipinski definition) is 2. The second-order valence-corrected chi connectivity index (χ2v) is 6.76. The van der Waals surface area contributed by atoms with Gasteiger partial charge in [-0.3, -0.25) is 14.5 Å². The molecule has 2 aliphatic rings. The van der Waals surface area contributed by atoms with Crippen LogP contribution in [0.1, 0.15) is 18.1 Å². The van der Waals surface area contributed by atoms with Gasteiger partial charge in [-0.15, -0.1) is 0 Å². The molecule has 1 aromatic carbocycles. The molecule has 0 radical (unpaired) electrons. The Morgan fingerprint density at radius 3 is 2.58 bits per heavy atom. The summed E-state index contributed by atoms with van der Waals surface area (Å²) in [5, 5.41) is 5.90. The molecule has 8 nitrogen and oxygen atoms in total. The number of nitrogens with one attached hydrogen (secondary N) is 2. The Kier molecular flexibility index (Phi) is 4.86. The van der Waals surface area contributed by atoms with Gasteiger partial charge in [0.15, 0.2) is 0 Å². The second-order valence-electron chi connectivity index (χ2n) is 6.76. The number of benzene rings is 1. The van der Waals surface area contributed by atoms with Crippen molar-refractivity contribution in [3.05, 3.63) is 29.3 Å². The van der Waals surface area contributed by atoms with E-state index in [4.69, 9.17) is 4.74 Å². The summed E-state index contributed by atoms with van der Waals surface area (Å²) in [5.41, 5.74) is 0.326. The molecule has 4 amide bonds. The number of carbonyl (C=O) groups is 3. The Hall–Kier alpha value is -2.61. The number of amides is 4. The first-order chi connectivity index (χ1) is 12.4. The maximum absolute atomic E-state index is 13.0. The number of rotatable bonds is 4. The van der Waals surface area contributed by atoms with Crippen LogP contribution in [0.2, 0.25) is 0 Å². The quantitative estimate of drug-likeness (QED) is 0.749. The molecule has 140 valence electrons. The van der Waals surface area contributed by atoms with E-state index in [0.717, 1.165) is 10.5 Å². The second kappa shape index (κ2) is 6.95. The summed E-state index contributed by atoms with van der Waals surface area (Å²) in [6.45, 7) is 5.89. The van der Waals surface area contributed by atoms with Crippen LogP contribution in [0.4, 0.5) is 4.79 Å². The minimum atomic E-state index is -1.20. The van der Waals surface area contributed by atoms with Crippen LogP contribution in [0, 0.1) is 6.92 Å². The highest BCUT2D eigenvalue weighted by atomic mass is 16.5. The van der Waals surface area contributed by atoms with Gasteiger partial charge in [-0.25, -0.2) is 4.79 Å². The van der Waals surface area contributed by atoms with Crippen LogP contribution in [0.5, 0.6) is 5.75 Å². The number of nitrogens with zero attached hydrogens (tertiary/aromatic N) is 2. The van der Waals surface area contributed by atoms with Crippen molar-refractivity contribution in [1.82, 2.24) is 20.4 Å². The number of ether oxygens (including phenoxy) is 1. The van der Waals surface area contributed by atoms with Gasteiger partial charge in [-0.1, -0.05) is 6.07 Å². The number of aryl methyl sites for hydroxylation is 1. The zero-order valence-electron chi connectivity index (χ0n) is 15.3. The fourth-order valence-electron chi connectivity index (χ4n) is 3.38. The summed E-state index contributed by atoms with van der Waals surface area (Å²) < 4.78 is 5.25. The molecule has 2 heterocycles. The van der Waals surface area contributed by atoms with Crippen molar-refractivity contribution in [1.29, 1.82) is 0 Å². The molecule has 0 spiro atoms. The molecule has 2 aliphatic heterocycles. The Morgan fingerprint density at radius 2 is 1.96 bits per heavy atom. The molecule has 2 saturated heterocycles. The summed E-state index contributed by atoms with van der Waals surface area (Å²) in [5.74, 6) is 0.0700. The molecule has 2 N–H and O–H groups in total. The summed E-state index contributed by atoms with van der Waals surface area (Å²) >= 11 is 0. The summed E-state index contributed by atoms with van der Waals surface area (Å²) in [6.07, 6.45) is 0. The number of piperazine rings is 1. The van der Waals surface area contributed by atoms with Crippen molar-refractivity contribution in [3.8, 4) is 5.75 Å². The Morgan fingerprint density at radius 1 is 1.27 bits per heavy atom. The van der Waals surface area contributed by atoms with E-state index in [9.17, 15) is 14.4 Å². The van der Waals surface area contributed by atoms with Crippen LogP contribution in [0.25, 0.3) is 0 Å². The number of carbonyl (C=O) groups excluding carboxylic acids is 3. The predicted molar refractivity (Wildman–Crippen MR) is 94.8 cm³/mol. The van der Waals surface area contributed by atoms with Gasteiger partial charge in [0.05, 0.1) is 7.11 Å². The van der Waals surface area contributed by atoms with E-state index < -0.39 is 17.5 Å². The topological polar surface area (TPSA) is 91.0 Å². The lowest BCUT2D eigenvalue weighted by molar-refractivity contribution is -0.139. The van der Waals surface area contributed by atoms with E-state index in [-0.39, 0.29) is 12.5 Å². The van der Waals surface area contributed by atoms with Gasteiger partial charge in [-0.05, 0) is 37.1 Å². The van der Waals surface area contributed by atoms with E-state index in [0.29, 0.717) is 37.5 Å². The lowest BCUT2D eigenvalue weighted by Crippen LogP contribution is -2.50. The molecular formula is C18H24N4O4. The Balaban J connectivity index is 1.79. The maximum Gasteiger partial charge on any atom is 0.325 e. The highest BCUT2D eigenvalue weighted by Crippen LogP contribution is 2.31. The van der Waals surface area contributed by atoms with Gasteiger partial charge in [0.25, 0.3) is 5.91 Å². The molecule has 0 aromatic heterocycles. The van der Waals surface area contributed by atoms with E-state index in [2.05, 4.69) is 10.6 Å². The molecule has 3 rings (SSSR count). The van der Waals surface area contributed by atoms with Crippen LogP contribution in [0.15, 0.2) is 18.2 Å². The van der Waals surface area contributed by atoms with Gasteiger partial charge in [-0.2, -0.15) is 0 Å². The molecule has 1 unspecified atom stereocenters. The molecule has 0 aliphatic carbocycles. The van der Waals surface area contributed by atoms with E-state index in [1.54, 1.807) is 31.1 Å². The molecule has 0 saturated carbocycles. The highest BCUT2D eigenvalue weighted by molar-refractivity contribution is 6.09. The number of imide groups is 1. The average Bonchev–Trinajstić information content (AvgIpc) is 2.86. The summed E-state index contributed by atoms with van der Waals surface area (Å²) in [6, 6.07) is 4.79. The maximum atomic E-state index is 13.0. The van der Waals surface area contributed by atoms with Crippen molar-refractivity contribution >= 4 is 17.8 Å². The molecule has 1 aromatic rings. The monoisotopic (exact) mass is 360 g/mol. The van der Waals surface area contributed by atoms with E-state index >= 15 is 0 Å². The number of hydrogen-bond acceptors (Lipinski definition) is 5. The van der Waals surface area contributed by atoms with Crippen LogP contribution in [-0.4, -0.2) is 67.5 Å². The van der Waals surface area contributed by atoms with Crippen molar-refractivity contribution in [2.24, 2.45) is 0 Å². The van der Waals surface area contributed by atoms with Gasteiger partial charge in [0, 0.05) is 26.2 Å². The average molecular weight is 360 g/mol. The van der Waals surface area contributed by atoms with Gasteiger partial charge < -0.3 is 20.3 Å². The fourth-order valence-corrected chi connectivity index (χ4v) is 3.38. The first-order valence-corrected chi connectivity index (χ1v) is 8.64. The van der Waals surface area contributed by atoms with Gasteiger partial charge in [0.1, 0.15) is 17.8 Å². The minimum absolute atomic E-state index is 0.217. The molecule has 0 bridgehead atoms. The third kappa shape index (κ3) is 3.12. The molecule has 1 atom stereocenters. The zero-order chi connectivity index (χ0) is 18.9. The highest BCUT2D eigenvalue weighted by Gasteiger charge is 2.49. The van der Waals surface area contributed by atoms with Crippen LogP contribution < -0.4 is 15.4 Å². The largest absolute Gasteiger partial charge is 0.496 e. The van der Waals surface area contributed by atoms with Crippen LogP contribution >= 0.6 is 0 Å². The lowest BCUT2D eigenvalue weighted by Gasteiger charge is -2.29. The molecule has 26 heavy (non-hydrogen) atoms. The molecule has 8 heteroatoms.